The number of Topliss-reactive ketones (excluding diaryl/α,β-unsaturated/α-hetero) is 1. The zero-order valence-electron chi connectivity index (χ0n) is 9.10. The maximum Gasteiger partial charge on any atom is 0.321 e. The van der Waals surface area contributed by atoms with Gasteiger partial charge in [-0.1, -0.05) is 12.1 Å². The van der Waals surface area contributed by atoms with E-state index in [4.69, 9.17) is 5.11 Å². The Morgan fingerprint density at radius 3 is 2.65 bits per heavy atom. The number of benzene rings is 1. The van der Waals surface area contributed by atoms with Gasteiger partial charge in [0.25, 0.3) is 0 Å². The largest absolute Gasteiger partial charge is 0.480 e. The zero-order chi connectivity index (χ0) is 12.4. The van der Waals surface area contributed by atoms with Crippen molar-refractivity contribution in [2.45, 2.75) is 19.0 Å². The lowest BCUT2D eigenvalue weighted by Crippen LogP contribution is -2.35. The number of carboxylic acids is 1. The molecule has 4 nitrogen and oxygen atoms in total. The molecule has 1 saturated heterocycles. The summed E-state index contributed by atoms with van der Waals surface area (Å²) in [5.74, 6) is -1.39. The second-order valence-corrected chi connectivity index (χ2v) is 4.13. The first kappa shape index (κ1) is 11.7. The first-order valence-corrected chi connectivity index (χ1v) is 5.29. The van der Waals surface area contributed by atoms with Crippen LogP contribution in [0.15, 0.2) is 24.3 Å². The van der Waals surface area contributed by atoms with E-state index < -0.39 is 12.0 Å². The van der Waals surface area contributed by atoms with Gasteiger partial charge in [-0.05, 0) is 17.7 Å². The summed E-state index contributed by atoms with van der Waals surface area (Å²) in [4.78, 5) is 23.8. The highest BCUT2D eigenvalue weighted by Crippen LogP contribution is 2.18. The summed E-state index contributed by atoms with van der Waals surface area (Å²) in [7, 11) is 0. The minimum Gasteiger partial charge on any atom is -0.480 e. The lowest BCUT2D eigenvalue weighted by atomic mass is 10.2. The monoisotopic (exact) mass is 237 g/mol. The first-order valence-electron chi connectivity index (χ1n) is 5.29. The number of hydrogen-bond donors (Lipinski definition) is 1. The fourth-order valence-corrected chi connectivity index (χ4v) is 1.98. The standard InChI is InChI=1S/C12H12FNO3/c13-9-3-1-8(2-4-9)6-14-7-10(15)5-11(14)12(16)17/h1-4,11H,5-7H2,(H,16,17). The van der Waals surface area contributed by atoms with Crippen molar-refractivity contribution in [3.63, 3.8) is 0 Å². The SMILES string of the molecule is O=C1CC(C(=O)O)N(Cc2ccc(F)cc2)C1. The quantitative estimate of drug-likeness (QED) is 0.853. The molecule has 1 unspecified atom stereocenters. The van der Waals surface area contributed by atoms with Crippen LogP contribution < -0.4 is 0 Å². The Labute approximate surface area is 97.7 Å². The number of aliphatic carboxylic acids is 1. The van der Waals surface area contributed by atoms with Crippen molar-refractivity contribution in [2.75, 3.05) is 6.54 Å². The summed E-state index contributed by atoms with van der Waals surface area (Å²) in [6.45, 7) is 0.497. The fraction of sp³-hybridized carbons (Fsp3) is 0.333. The fourth-order valence-electron chi connectivity index (χ4n) is 1.98. The van der Waals surface area contributed by atoms with Crippen LogP contribution in [-0.4, -0.2) is 34.3 Å². The van der Waals surface area contributed by atoms with E-state index in [9.17, 15) is 14.0 Å². The molecule has 5 heteroatoms. The van der Waals surface area contributed by atoms with E-state index in [1.165, 1.54) is 12.1 Å². The van der Waals surface area contributed by atoms with E-state index in [0.717, 1.165) is 5.56 Å². The Morgan fingerprint density at radius 2 is 2.06 bits per heavy atom. The molecule has 1 aromatic carbocycles. The summed E-state index contributed by atoms with van der Waals surface area (Å²) >= 11 is 0. The number of carbonyl (C=O) groups is 2. The van der Waals surface area contributed by atoms with Crippen molar-refractivity contribution >= 4 is 11.8 Å². The molecule has 1 fully saturated rings. The second-order valence-electron chi connectivity index (χ2n) is 4.13. The Bertz CT molecular complexity index is 444. The molecule has 1 aliphatic heterocycles. The molecule has 17 heavy (non-hydrogen) atoms. The van der Waals surface area contributed by atoms with Crippen molar-refractivity contribution < 1.29 is 19.1 Å². The van der Waals surface area contributed by atoms with Gasteiger partial charge in [-0.25, -0.2) is 4.39 Å². The van der Waals surface area contributed by atoms with Crippen LogP contribution in [0.4, 0.5) is 4.39 Å². The van der Waals surface area contributed by atoms with Gasteiger partial charge in [-0.3, -0.25) is 14.5 Å². The van der Waals surface area contributed by atoms with E-state index in [2.05, 4.69) is 0 Å². The average Bonchev–Trinajstić information content (AvgIpc) is 2.63. The molecule has 2 rings (SSSR count). The summed E-state index contributed by atoms with van der Waals surface area (Å²) in [5, 5.41) is 8.97. The summed E-state index contributed by atoms with van der Waals surface area (Å²) in [5.41, 5.74) is 0.798. The molecule has 0 spiro atoms. The van der Waals surface area contributed by atoms with Crippen LogP contribution in [0.25, 0.3) is 0 Å². The molecule has 0 amide bonds. The predicted molar refractivity (Wildman–Crippen MR) is 57.9 cm³/mol. The van der Waals surface area contributed by atoms with Gasteiger partial charge in [0.05, 0.1) is 6.54 Å². The van der Waals surface area contributed by atoms with Crippen molar-refractivity contribution in [1.82, 2.24) is 4.90 Å². The van der Waals surface area contributed by atoms with Gasteiger partial charge in [0.15, 0.2) is 0 Å². The molecule has 1 aliphatic rings. The highest BCUT2D eigenvalue weighted by atomic mass is 19.1. The van der Waals surface area contributed by atoms with Gasteiger partial charge in [-0.15, -0.1) is 0 Å². The van der Waals surface area contributed by atoms with Crippen molar-refractivity contribution in [1.29, 1.82) is 0 Å². The molecule has 1 N–H and O–H groups in total. The third-order valence-electron chi connectivity index (χ3n) is 2.83. The first-order chi connectivity index (χ1) is 8.06. The number of hydrogen-bond acceptors (Lipinski definition) is 3. The van der Waals surface area contributed by atoms with Gasteiger partial charge >= 0.3 is 5.97 Å². The van der Waals surface area contributed by atoms with Crippen LogP contribution in [0.1, 0.15) is 12.0 Å². The van der Waals surface area contributed by atoms with Gasteiger partial charge in [0, 0.05) is 13.0 Å². The van der Waals surface area contributed by atoms with Crippen LogP contribution in [0, 0.1) is 5.82 Å². The third kappa shape index (κ3) is 2.68. The molecule has 1 aromatic rings. The number of nitrogens with zero attached hydrogens (tertiary/aromatic N) is 1. The molecule has 0 saturated carbocycles. The average molecular weight is 237 g/mol. The van der Waals surface area contributed by atoms with E-state index >= 15 is 0 Å². The van der Waals surface area contributed by atoms with Crippen LogP contribution in [0.2, 0.25) is 0 Å². The topological polar surface area (TPSA) is 57.6 Å². The van der Waals surface area contributed by atoms with Gasteiger partial charge < -0.3 is 5.11 Å². The highest BCUT2D eigenvalue weighted by Gasteiger charge is 2.35. The summed E-state index contributed by atoms with van der Waals surface area (Å²) < 4.78 is 12.7. The lowest BCUT2D eigenvalue weighted by Gasteiger charge is -2.19. The van der Waals surface area contributed by atoms with E-state index in [1.54, 1.807) is 17.0 Å². The second kappa shape index (κ2) is 4.63. The zero-order valence-corrected chi connectivity index (χ0v) is 9.10. The maximum atomic E-state index is 12.7. The van der Waals surface area contributed by atoms with Gasteiger partial charge in [0.1, 0.15) is 17.6 Å². The lowest BCUT2D eigenvalue weighted by molar-refractivity contribution is -0.142. The number of likely N-dealkylation sites (tertiary alicyclic amines) is 1. The molecule has 0 aliphatic carbocycles. The smallest absolute Gasteiger partial charge is 0.321 e. The molecule has 0 bridgehead atoms. The minimum absolute atomic E-state index is 0.0521. The molecular formula is C12H12FNO3. The maximum absolute atomic E-state index is 12.7. The number of carboxylic acid groups (broad SMARTS) is 1. The molecule has 1 heterocycles. The Morgan fingerprint density at radius 1 is 1.41 bits per heavy atom. The summed E-state index contributed by atoms with van der Waals surface area (Å²) in [6, 6.07) is 5.08. The number of halogens is 1. The number of ketones is 1. The van der Waals surface area contributed by atoms with Crippen LogP contribution >= 0.6 is 0 Å². The van der Waals surface area contributed by atoms with Crippen LogP contribution in [0.3, 0.4) is 0 Å². The minimum atomic E-state index is -0.988. The van der Waals surface area contributed by atoms with E-state index in [1.807, 2.05) is 0 Å². The highest BCUT2D eigenvalue weighted by molar-refractivity contribution is 5.90. The number of carbonyl (C=O) groups excluding carboxylic acids is 1. The molecule has 90 valence electrons. The predicted octanol–water partition coefficient (Wildman–Crippen LogP) is 1.05. The normalized spacial score (nSPS) is 20.8. The molecule has 1 atom stereocenters. The van der Waals surface area contributed by atoms with Crippen LogP contribution in [-0.2, 0) is 16.1 Å². The number of rotatable bonds is 3. The molecule has 0 aromatic heterocycles. The third-order valence-corrected chi connectivity index (χ3v) is 2.83. The van der Waals surface area contributed by atoms with Crippen molar-refractivity contribution in [3.8, 4) is 0 Å². The Balaban J connectivity index is 2.09. The van der Waals surface area contributed by atoms with Crippen molar-refractivity contribution in [2.24, 2.45) is 0 Å². The van der Waals surface area contributed by atoms with Crippen LogP contribution in [0.5, 0.6) is 0 Å². The van der Waals surface area contributed by atoms with Gasteiger partial charge in [0.2, 0.25) is 0 Å². The van der Waals surface area contributed by atoms with E-state index in [-0.39, 0.29) is 24.6 Å². The Hall–Kier alpha value is -1.75. The molecular weight excluding hydrogens is 225 g/mol. The van der Waals surface area contributed by atoms with Gasteiger partial charge in [-0.2, -0.15) is 0 Å². The van der Waals surface area contributed by atoms with Crippen molar-refractivity contribution in [3.05, 3.63) is 35.6 Å². The molecule has 0 radical (unpaired) electrons. The Kier molecular flexibility index (Phi) is 3.19. The van der Waals surface area contributed by atoms with E-state index in [0.29, 0.717) is 6.54 Å². The summed E-state index contributed by atoms with van der Waals surface area (Å²) in [6.07, 6.45) is 0.0521.